The molecule has 0 radical (unpaired) electrons. The number of nitrogens with one attached hydrogen (secondary N) is 1. The zero-order chi connectivity index (χ0) is 13.9. The Morgan fingerprint density at radius 1 is 1.30 bits per heavy atom. The van der Waals surface area contributed by atoms with E-state index in [-0.39, 0.29) is 0 Å². The Bertz CT molecular complexity index is 594. The van der Waals surface area contributed by atoms with E-state index in [1.165, 1.54) is 29.2 Å². The Labute approximate surface area is 121 Å². The molecule has 2 aromatic rings. The summed E-state index contributed by atoms with van der Waals surface area (Å²) < 4.78 is 0. The molecule has 1 aromatic heterocycles. The van der Waals surface area contributed by atoms with Crippen LogP contribution in [0, 0.1) is 0 Å². The molecule has 1 aromatic carbocycles. The molecule has 0 amide bonds. The first-order valence-electron chi connectivity index (χ1n) is 7.65. The molecule has 3 heteroatoms. The third kappa shape index (κ3) is 2.38. The maximum Gasteiger partial charge on any atom is 0.136 e. The van der Waals surface area contributed by atoms with Crippen LogP contribution in [-0.2, 0) is 6.54 Å². The van der Waals surface area contributed by atoms with E-state index in [1.54, 1.807) is 0 Å². The van der Waals surface area contributed by atoms with E-state index < -0.39 is 0 Å². The highest BCUT2D eigenvalue weighted by Crippen LogP contribution is 2.31. The van der Waals surface area contributed by atoms with Crippen LogP contribution in [0.5, 0.6) is 0 Å². The highest BCUT2D eigenvalue weighted by molar-refractivity contribution is 5.94. The summed E-state index contributed by atoms with van der Waals surface area (Å²) >= 11 is 0. The molecule has 20 heavy (non-hydrogen) atoms. The predicted molar refractivity (Wildman–Crippen MR) is 85.2 cm³/mol. The van der Waals surface area contributed by atoms with Crippen LogP contribution in [-0.4, -0.2) is 24.1 Å². The first-order valence-corrected chi connectivity index (χ1v) is 7.65. The van der Waals surface area contributed by atoms with Crippen LogP contribution in [0.1, 0.15) is 32.3 Å². The smallest absolute Gasteiger partial charge is 0.136 e. The fraction of sp³-hybridized carbons (Fsp3) is 0.471. The molecule has 3 rings (SSSR count). The van der Waals surface area contributed by atoms with E-state index >= 15 is 0 Å². The normalized spacial score (nSPS) is 18.9. The number of rotatable bonds is 4. The van der Waals surface area contributed by atoms with Crippen molar-refractivity contribution >= 4 is 16.6 Å². The predicted octanol–water partition coefficient (Wildman–Crippen LogP) is 3.33. The molecule has 1 N–H and O–H groups in total. The van der Waals surface area contributed by atoms with Gasteiger partial charge in [-0.25, -0.2) is 4.98 Å². The number of pyridine rings is 1. The summed E-state index contributed by atoms with van der Waals surface area (Å²) in [6, 6.07) is 9.26. The van der Waals surface area contributed by atoms with E-state index in [0.29, 0.717) is 6.04 Å². The lowest BCUT2D eigenvalue weighted by atomic mass is 10.1. The van der Waals surface area contributed by atoms with Gasteiger partial charge in [0, 0.05) is 30.7 Å². The number of nitrogens with zero attached hydrogens (tertiary/aromatic N) is 2. The van der Waals surface area contributed by atoms with Gasteiger partial charge in [0.05, 0.1) is 0 Å². The first-order chi connectivity index (χ1) is 9.81. The summed E-state index contributed by atoms with van der Waals surface area (Å²) in [5.74, 6) is 1.16. The van der Waals surface area contributed by atoms with Gasteiger partial charge in [-0.3, -0.25) is 0 Å². The Kier molecular flexibility index (Phi) is 3.88. The van der Waals surface area contributed by atoms with Gasteiger partial charge in [0.15, 0.2) is 0 Å². The molecule has 0 spiro atoms. The van der Waals surface area contributed by atoms with Crippen molar-refractivity contribution in [2.75, 3.05) is 18.0 Å². The molecule has 1 aliphatic heterocycles. The molecule has 0 saturated carbocycles. The summed E-state index contributed by atoms with van der Waals surface area (Å²) in [5.41, 5.74) is 1.29. The average Bonchev–Trinajstić information content (AvgIpc) is 2.91. The fourth-order valence-electron chi connectivity index (χ4n) is 3.11. The Hall–Kier alpha value is -1.61. The van der Waals surface area contributed by atoms with Crippen molar-refractivity contribution in [1.29, 1.82) is 0 Å². The lowest BCUT2D eigenvalue weighted by molar-refractivity contribution is 0.721. The Balaban J connectivity index is 2.06. The van der Waals surface area contributed by atoms with E-state index in [4.69, 9.17) is 4.98 Å². The number of hydrogen-bond donors (Lipinski definition) is 1. The molecule has 106 valence electrons. The maximum absolute atomic E-state index is 4.78. The van der Waals surface area contributed by atoms with Gasteiger partial charge < -0.3 is 10.2 Å². The molecular formula is C17H23N3. The standard InChI is InChI=1S/C17H23N3/c1-3-18-11-14-12-19-17(20-10-6-7-13(20)2)16-9-5-4-8-15(14)16/h4-5,8-9,12-13,18H,3,6-7,10-11H2,1-2H3. The van der Waals surface area contributed by atoms with Crippen molar-refractivity contribution in [3.05, 3.63) is 36.0 Å². The van der Waals surface area contributed by atoms with Crippen molar-refractivity contribution in [2.24, 2.45) is 0 Å². The van der Waals surface area contributed by atoms with Crippen LogP contribution in [0.2, 0.25) is 0 Å². The van der Waals surface area contributed by atoms with E-state index in [1.807, 2.05) is 6.20 Å². The SMILES string of the molecule is CCNCc1cnc(N2CCCC2C)c2ccccc12. The quantitative estimate of drug-likeness (QED) is 0.922. The third-order valence-electron chi connectivity index (χ3n) is 4.25. The van der Waals surface area contributed by atoms with Crippen molar-refractivity contribution in [2.45, 2.75) is 39.3 Å². The van der Waals surface area contributed by atoms with Gasteiger partial charge in [0.2, 0.25) is 0 Å². The van der Waals surface area contributed by atoms with Crippen molar-refractivity contribution < 1.29 is 0 Å². The third-order valence-corrected chi connectivity index (χ3v) is 4.25. The van der Waals surface area contributed by atoms with E-state index in [0.717, 1.165) is 25.5 Å². The second-order valence-corrected chi connectivity index (χ2v) is 5.62. The van der Waals surface area contributed by atoms with Gasteiger partial charge in [-0.1, -0.05) is 31.2 Å². The molecule has 0 aliphatic carbocycles. The summed E-state index contributed by atoms with van der Waals surface area (Å²) in [4.78, 5) is 7.24. The van der Waals surface area contributed by atoms with Gasteiger partial charge in [0.25, 0.3) is 0 Å². The van der Waals surface area contributed by atoms with Crippen LogP contribution in [0.3, 0.4) is 0 Å². The summed E-state index contributed by atoms with van der Waals surface area (Å²) in [6.07, 6.45) is 4.59. The number of hydrogen-bond acceptors (Lipinski definition) is 3. The second-order valence-electron chi connectivity index (χ2n) is 5.62. The number of fused-ring (bicyclic) bond motifs is 1. The molecule has 1 fully saturated rings. The molecule has 1 saturated heterocycles. The maximum atomic E-state index is 4.78. The van der Waals surface area contributed by atoms with Crippen LogP contribution >= 0.6 is 0 Å². The molecular weight excluding hydrogens is 246 g/mol. The first kappa shape index (κ1) is 13.4. The lowest BCUT2D eigenvalue weighted by Gasteiger charge is -2.24. The van der Waals surface area contributed by atoms with Crippen molar-refractivity contribution in [3.63, 3.8) is 0 Å². The van der Waals surface area contributed by atoms with E-state index in [9.17, 15) is 0 Å². The highest BCUT2D eigenvalue weighted by Gasteiger charge is 2.23. The summed E-state index contributed by atoms with van der Waals surface area (Å²) in [7, 11) is 0. The minimum atomic E-state index is 0.602. The zero-order valence-electron chi connectivity index (χ0n) is 12.4. The number of benzene rings is 1. The lowest BCUT2D eigenvalue weighted by Crippen LogP contribution is -2.27. The van der Waals surface area contributed by atoms with Crippen LogP contribution in [0.15, 0.2) is 30.5 Å². The number of aromatic nitrogens is 1. The minimum absolute atomic E-state index is 0.602. The molecule has 1 aliphatic rings. The molecule has 0 bridgehead atoms. The second kappa shape index (κ2) is 5.80. The van der Waals surface area contributed by atoms with Gasteiger partial charge in [-0.05, 0) is 37.3 Å². The summed E-state index contributed by atoms with van der Waals surface area (Å²) in [5, 5.41) is 6.02. The molecule has 1 atom stereocenters. The largest absolute Gasteiger partial charge is 0.353 e. The minimum Gasteiger partial charge on any atom is -0.353 e. The topological polar surface area (TPSA) is 28.2 Å². The van der Waals surface area contributed by atoms with Crippen LogP contribution in [0.4, 0.5) is 5.82 Å². The van der Waals surface area contributed by atoms with E-state index in [2.05, 4.69) is 48.3 Å². The monoisotopic (exact) mass is 269 g/mol. The van der Waals surface area contributed by atoms with Crippen LogP contribution < -0.4 is 10.2 Å². The van der Waals surface area contributed by atoms with Crippen LogP contribution in [0.25, 0.3) is 10.8 Å². The number of anilines is 1. The fourth-order valence-corrected chi connectivity index (χ4v) is 3.11. The van der Waals surface area contributed by atoms with Gasteiger partial charge in [0.1, 0.15) is 5.82 Å². The highest BCUT2D eigenvalue weighted by atomic mass is 15.2. The molecule has 2 heterocycles. The Morgan fingerprint density at radius 2 is 2.10 bits per heavy atom. The van der Waals surface area contributed by atoms with Crippen molar-refractivity contribution in [1.82, 2.24) is 10.3 Å². The van der Waals surface area contributed by atoms with Crippen molar-refractivity contribution in [3.8, 4) is 0 Å². The van der Waals surface area contributed by atoms with Gasteiger partial charge in [-0.15, -0.1) is 0 Å². The Morgan fingerprint density at radius 3 is 2.80 bits per heavy atom. The summed E-state index contributed by atoms with van der Waals surface area (Å²) in [6.45, 7) is 7.44. The molecule has 3 nitrogen and oxygen atoms in total. The van der Waals surface area contributed by atoms with Gasteiger partial charge >= 0.3 is 0 Å². The van der Waals surface area contributed by atoms with Gasteiger partial charge in [-0.2, -0.15) is 0 Å². The zero-order valence-corrected chi connectivity index (χ0v) is 12.4. The average molecular weight is 269 g/mol. The molecule has 1 unspecified atom stereocenters.